The van der Waals surface area contributed by atoms with Gasteiger partial charge in [-0.25, -0.2) is 12.8 Å². The molecule has 0 aliphatic carbocycles. The Morgan fingerprint density at radius 3 is 2.59 bits per heavy atom. The Bertz CT molecular complexity index is 825. The van der Waals surface area contributed by atoms with E-state index in [1.807, 2.05) is 0 Å². The minimum atomic E-state index is -4.14. The van der Waals surface area contributed by atoms with Gasteiger partial charge in [-0.3, -0.25) is 4.79 Å². The predicted octanol–water partition coefficient (Wildman–Crippen LogP) is 2.36. The molecule has 0 spiro atoms. The minimum Gasteiger partial charge on any atom is -0.480 e. The normalized spacial score (nSPS) is 12.5. The van der Waals surface area contributed by atoms with Gasteiger partial charge in [-0.2, -0.15) is 4.31 Å². The maximum Gasteiger partial charge on any atom is 0.318 e. The van der Waals surface area contributed by atoms with E-state index in [1.54, 1.807) is 13.8 Å². The van der Waals surface area contributed by atoms with E-state index in [9.17, 15) is 17.6 Å². The maximum atomic E-state index is 13.3. The summed E-state index contributed by atoms with van der Waals surface area (Å²) < 4.78 is 44.8. The number of aliphatic carboxylic acids is 1. The molecule has 0 aliphatic heterocycles. The summed E-state index contributed by atoms with van der Waals surface area (Å²) in [7, 11) is -4.14. The lowest BCUT2D eigenvalue weighted by atomic mass is 10.2. The second-order valence-corrected chi connectivity index (χ2v) is 6.98. The van der Waals surface area contributed by atoms with Crippen molar-refractivity contribution >= 4 is 27.0 Å². The highest BCUT2D eigenvalue weighted by molar-refractivity contribution is 7.89. The number of hydrogen-bond donors (Lipinski definition) is 1. The van der Waals surface area contributed by atoms with Crippen LogP contribution in [0.25, 0.3) is 11.0 Å². The lowest BCUT2D eigenvalue weighted by Crippen LogP contribution is -2.40. The highest BCUT2D eigenvalue weighted by Gasteiger charge is 2.34. The maximum absolute atomic E-state index is 13.3. The van der Waals surface area contributed by atoms with Crippen LogP contribution in [0, 0.1) is 12.7 Å². The van der Waals surface area contributed by atoms with Gasteiger partial charge in [-0.15, -0.1) is 0 Å². The molecule has 1 N–H and O–H groups in total. The number of sulfonamides is 1. The predicted molar refractivity (Wildman–Crippen MR) is 77.6 cm³/mol. The number of hydrogen-bond acceptors (Lipinski definition) is 4. The summed E-state index contributed by atoms with van der Waals surface area (Å²) in [5.74, 6) is -1.77. The molecule has 0 unspecified atom stereocenters. The van der Waals surface area contributed by atoms with Crippen LogP contribution in [0.3, 0.4) is 0 Å². The van der Waals surface area contributed by atoms with Gasteiger partial charge in [0.25, 0.3) is 10.0 Å². The van der Waals surface area contributed by atoms with Gasteiger partial charge in [0.15, 0.2) is 0 Å². The zero-order valence-electron chi connectivity index (χ0n) is 12.3. The molecule has 0 saturated carbocycles. The van der Waals surface area contributed by atoms with E-state index < -0.39 is 34.4 Å². The molecule has 1 aromatic carbocycles. The van der Waals surface area contributed by atoms with E-state index >= 15 is 0 Å². The van der Waals surface area contributed by atoms with Gasteiger partial charge in [0.1, 0.15) is 17.9 Å². The SMILES string of the molecule is Cc1c(S(=O)(=O)N(CC(=O)O)C(C)C)oc2ccc(F)cc12. The van der Waals surface area contributed by atoms with Gasteiger partial charge >= 0.3 is 5.97 Å². The van der Waals surface area contributed by atoms with Crippen molar-refractivity contribution in [1.29, 1.82) is 0 Å². The Morgan fingerprint density at radius 2 is 2.05 bits per heavy atom. The second-order valence-electron chi connectivity index (χ2n) is 5.19. The van der Waals surface area contributed by atoms with Crippen molar-refractivity contribution in [3.8, 4) is 0 Å². The number of fused-ring (bicyclic) bond motifs is 1. The van der Waals surface area contributed by atoms with Crippen LogP contribution < -0.4 is 0 Å². The van der Waals surface area contributed by atoms with Crippen molar-refractivity contribution in [3.63, 3.8) is 0 Å². The molecule has 0 bridgehead atoms. The molecular formula is C14H16FNO5S. The lowest BCUT2D eigenvalue weighted by Gasteiger charge is -2.22. The Morgan fingerprint density at radius 1 is 1.41 bits per heavy atom. The van der Waals surface area contributed by atoms with Crippen molar-refractivity contribution in [2.24, 2.45) is 0 Å². The fourth-order valence-corrected chi connectivity index (χ4v) is 3.94. The Balaban J connectivity index is 2.62. The van der Waals surface area contributed by atoms with Crippen LogP contribution in [0.2, 0.25) is 0 Å². The fraction of sp³-hybridized carbons (Fsp3) is 0.357. The summed E-state index contributed by atoms with van der Waals surface area (Å²) in [5.41, 5.74) is 0.488. The monoisotopic (exact) mass is 329 g/mol. The van der Waals surface area contributed by atoms with Crippen LogP contribution in [-0.2, 0) is 14.8 Å². The molecular weight excluding hydrogens is 313 g/mol. The van der Waals surface area contributed by atoms with Gasteiger partial charge in [0.2, 0.25) is 5.09 Å². The molecule has 1 heterocycles. The lowest BCUT2D eigenvalue weighted by molar-refractivity contribution is -0.137. The Labute approximate surface area is 127 Å². The van der Waals surface area contributed by atoms with Crippen LogP contribution in [0.15, 0.2) is 27.7 Å². The summed E-state index contributed by atoms with van der Waals surface area (Å²) in [4.78, 5) is 10.9. The van der Waals surface area contributed by atoms with Gasteiger partial charge in [-0.05, 0) is 39.0 Å². The highest BCUT2D eigenvalue weighted by Crippen LogP contribution is 2.31. The number of benzene rings is 1. The number of carboxylic acids is 1. The largest absolute Gasteiger partial charge is 0.480 e. The van der Waals surface area contributed by atoms with E-state index in [2.05, 4.69) is 0 Å². The molecule has 0 radical (unpaired) electrons. The summed E-state index contributed by atoms with van der Waals surface area (Å²) in [5, 5.41) is 8.89. The number of carboxylic acid groups (broad SMARTS) is 1. The first-order valence-corrected chi connectivity index (χ1v) is 8.01. The molecule has 1 aromatic heterocycles. The molecule has 0 amide bonds. The van der Waals surface area contributed by atoms with Crippen molar-refractivity contribution in [2.45, 2.75) is 31.9 Å². The number of rotatable bonds is 5. The zero-order valence-corrected chi connectivity index (χ0v) is 13.1. The molecule has 0 fully saturated rings. The van der Waals surface area contributed by atoms with Gasteiger partial charge in [-0.1, -0.05) is 0 Å². The quantitative estimate of drug-likeness (QED) is 0.910. The zero-order chi connectivity index (χ0) is 16.7. The number of aryl methyl sites for hydroxylation is 1. The summed E-state index contributed by atoms with van der Waals surface area (Å²) >= 11 is 0. The van der Waals surface area contributed by atoms with Gasteiger partial charge in [0.05, 0.1) is 0 Å². The Hall–Kier alpha value is -1.93. The first kappa shape index (κ1) is 16.4. The number of carbonyl (C=O) groups is 1. The third kappa shape index (κ3) is 2.84. The molecule has 0 aliphatic rings. The van der Waals surface area contributed by atoms with Crippen molar-refractivity contribution in [3.05, 3.63) is 29.6 Å². The fourth-order valence-electron chi connectivity index (χ4n) is 2.20. The number of halogens is 1. The van der Waals surface area contributed by atoms with Crippen LogP contribution >= 0.6 is 0 Å². The molecule has 2 rings (SSSR count). The standard InChI is InChI=1S/C14H16FNO5S/c1-8(2)16(7-13(17)18)22(19,20)14-9(3)11-6-10(15)4-5-12(11)21-14/h4-6,8H,7H2,1-3H3,(H,17,18). The van der Waals surface area contributed by atoms with E-state index in [0.29, 0.717) is 5.39 Å². The van der Waals surface area contributed by atoms with Crippen LogP contribution in [-0.4, -0.2) is 36.4 Å². The third-order valence-electron chi connectivity index (χ3n) is 3.26. The van der Waals surface area contributed by atoms with E-state index in [-0.39, 0.29) is 16.2 Å². The Kier molecular flexibility index (Phi) is 4.25. The minimum absolute atomic E-state index is 0.233. The summed E-state index contributed by atoms with van der Waals surface area (Å²) in [6, 6.07) is 3.13. The highest BCUT2D eigenvalue weighted by atomic mass is 32.2. The summed E-state index contributed by atoms with van der Waals surface area (Å²) in [6.45, 7) is 3.96. The second kappa shape index (κ2) is 5.69. The van der Waals surface area contributed by atoms with Crippen LogP contribution in [0.5, 0.6) is 0 Å². The van der Waals surface area contributed by atoms with Crippen molar-refractivity contribution in [1.82, 2.24) is 4.31 Å². The molecule has 6 nitrogen and oxygen atoms in total. The molecule has 22 heavy (non-hydrogen) atoms. The first-order valence-electron chi connectivity index (χ1n) is 6.57. The van der Waals surface area contributed by atoms with E-state index in [1.165, 1.54) is 25.1 Å². The molecule has 2 aromatic rings. The molecule has 0 atom stereocenters. The van der Waals surface area contributed by atoms with Crippen molar-refractivity contribution < 1.29 is 27.1 Å². The average molecular weight is 329 g/mol. The summed E-state index contributed by atoms with van der Waals surface area (Å²) in [6.07, 6.45) is 0. The molecule has 0 saturated heterocycles. The topological polar surface area (TPSA) is 87.8 Å². The van der Waals surface area contributed by atoms with Crippen LogP contribution in [0.1, 0.15) is 19.4 Å². The number of furan rings is 1. The third-order valence-corrected chi connectivity index (χ3v) is 5.29. The number of nitrogens with zero attached hydrogens (tertiary/aromatic N) is 1. The van der Waals surface area contributed by atoms with Gasteiger partial charge in [0, 0.05) is 17.0 Å². The van der Waals surface area contributed by atoms with E-state index in [0.717, 1.165) is 4.31 Å². The smallest absolute Gasteiger partial charge is 0.318 e. The van der Waals surface area contributed by atoms with Crippen LogP contribution in [0.4, 0.5) is 4.39 Å². The van der Waals surface area contributed by atoms with Crippen molar-refractivity contribution in [2.75, 3.05) is 6.54 Å². The molecule has 120 valence electrons. The first-order chi connectivity index (χ1) is 10.1. The van der Waals surface area contributed by atoms with E-state index in [4.69, 9.17) is 9.52 Å². The average Bonchev–Trinajstić information content (AvgIpc) is 2.73. The van der Waals surface area contributed by atoms with Gasteiger partial charge < -0.3 is 9.52 Å². The molecule has 8 heteroatoms.